The summed E-state index contributed by atoms with van der Waals surface area (Å²) in [5.74, 6) is 1.76. The molecule has 1 rings (SSSR count). The highest BCUT2D eigenvalue weighted by Gasteiger charge is 2.52. The second-order valence-electron chi connectivity index (χ2n) is 4.92. The van der Waals surface area contributed by atoms with E-state index in [9.17, 15) is 23.1 Å². The van der Waals surface area contributed by atoms with Gasteiger partial charge in [-0.25, -0.2) is 4.79 Å². The van der Waals surface area contributed by atoms with Crippen molar-refractivity contribution in [2.45, 2.75) is 37.6 Å². The van der Waals surface area contributed by atoms with Crippen LogP contribution in [0.4, 0.5) is 18.0 Å². The van der Waals surface area contributed by atoms with E-state index < -0.39 is 24.4 Å². The fraction of sp³-hybridized carbons (Fsp3) is 0.769. The van der Waals surface area contributed by atoms with E-state index in [1.54, 1.807) is 18.7 Å². The molecule has 1 fully saturated rings. The summed E-state index contributed by atoms with van der Waals surface area (Å²) in [5, 5.41) is 14.4. The molecule has 0 aliphatic carbocycles. The third kappa shape index (κ3) is 5.96. The molecule has 0 spiro atoms. The zero-order valence-electron chi connectivity index (χ0n) is 12.3. The van der Waals surface area contributed by atoms with E-state index in [-0.39, 0.29) is 12.6 Å². The van der Waals surface area contributed by atoms with E-state index in [0.29, 0.717) is 6.08 Å². The minimum Gasteiger partial charge on any atom is -0.502 e. The number of alkyl halides is 3. The largest absolute Gasteiger partial charge is 0.502 e. The SMILES string of the molecule is CCO/C=C/C(O)(CNC(=O)NC1CCCSC1)C(F)(F)F. The summed E-state index contributed by atoms with van der Waals surface area (Å²) < 4.78 is 43.4. The third-order valence-electron chi connectivity index (χ3n) is 3.11. The Labute approximate surface area is 131 Å². The molecule has 1 aliphatic rings. The first-order valence-corrected chi connectivity index (χ1v) is 8.14. The van der Waals surface area contributed by atoms with E-state index in [2.05, 4.69) is 15.4 Å². The quantitative estimate of drug-likeness (QED) is 0.646. The molecule has 5 nitrogen and oxygen atoms in total. The number of ether oxygens (including phenoxy) is 1. The summed E-state index contributed by atoms with van der Waals surface area (Å²) in [7, 11) is 0. The highest BCUT2D eigenvalue weighted by atomic mass is 32.2. The lowest BCUT2D eigenvalue weighted by Gasteiger charge is -2.28. The number of carbonyl (C=O) groups is 1. The number of nitrogens with one attached hydrogen (secondary N) is 2. The molecule has 2 atom stereocenters. The first-order chi connectivity index (χ1) is 10.3. The summed E-state index contributed by atoms with van der Waals surface area (Å²) in [6.07, 6.45) is -1.89. The average molecular weight is 342 g/mol. The van der Waals surface area contributed by atoms with Crippen molar-refractivity contribution in [3.63, 3.8) is 0 Å². The molecule has 1 aliphatic heterocycles. The number of rotatable bonds is 6. The van der Waals surface area contributed by atoms with Crippen LogP contribution in [0.1, 0.15) is 19.8 Å². The van der Waals surface area contributed by atoms with Crippen LogP contribution in [0, 0.1) is 0 Å². The highest BCUT2D eigenvalue weighted by molar-refractivity contribution is 7.99. The molecule has 1 saturated heterocycles. The highest BCUT2D eigenvalue weighted by Crippen LogP contribution is 2.31. The van der Waals surface area contributed by atoms with Crippen LogP contribution >= 0.6 is 11.8 Å². The Morgan fingerprint density at radius 3 is 2.77 bits per heavy atom. The van der Waals surface area contributed by atoms with Crippen LogP contribution in [0.15, 0.2) is 12.3 Å². The van der Waals surface area contributed by atoms with Gasteiger partial charge in [-0.3, -0.25) is 0 Å². The number of carbonyl (C=O) groups excluding carboxylic acids is 1. The number of aliphatic hydroxyl groups is 1. The van der Waals surface area contributed by atoms with Crippen molar-refractivity contribution in [3.05, 3.63) is 12.3 Å². The number of amides is 2. The number of hydrogen-bond acceptors (Lipinski definition) is 4. The fourth-order valence-electron chi connectivity index (χ4n) is 1.82. The standard InChI is InChI=1S/C13H21F3N2O3S/c1-2-21-6-5-12(20,13(14,15)16)9-17-11(19)18-10-4-3-7-22-8-10/h5-6,10,20H,2-4,7-9H2,1H3,(H2,17,18,19)/b6-5+. The van der Waals surface area contributed by atoms with Crippen LogP contribution in [-0.4, -0.2) is 53.6 Å². The second kappa shape index (κ2) is 8.52. The van der Waals surface area contributed by atoms with Gasteiger partial charge in [-0.15, -0.1) is 0 Å². The molecule has 1 heterocycles. The van der Waals surface area contributed by atoms with Gasteiger partial charge in [0.25, 0.3) is 0 Å². The Kier molecular flexibility index (Phi) is 7.34. The monoisotopic (exact) mass is 342 g/mol. The van der Waals surface area contributed by atoms with Gasteiger partial charge in [0.15, 0.2) is 5.60 Å². The Bertz CT molecular complexity index is 387. The van der Waals surface area contributed by atoms with E-state index in [1.165, 1.54) is 0 Å². The van der Waals surface area contributed by atoms with E-state index in [1.807, 2.05) is 0 Å². The fourth-order valence-corrected chi connectivity index (χ4v) is 2.89. The number of urea groups is 1. The van der Waals surface area contributed by atoms with Crippen LogP contribution in [0.5, 0.6) is 0 Å². The van der Waals surface area contributed by atoms with E-state index in [0.717, 1.165) is 30.6 Å². The lowest BCUT2D eigenvalue weighted by Crippen LogP contribution is -2.55. The molecule has 0 aromatic rings. The minimum absolute atomic E-state index is 0.0586. The maximum Gasteiger partial charge on any atom is 0.422 e. The van der Waals surface area contributed by atoms with Crippen LogP contribution in [-0.2, 0) is 4.74 Å². The van der Waals surface area contributed by atoms with Crippen molar-refractivity contribution in [3.8, 4) is 0 Å². The first-order valence-electron chi connectivity index (χ1n) is 6.99. The average Bonchev–Trinajstić information content (AvgIpc) is 2.45. The molecule has 2 amide bonds. The van der Waals surface area contributed by atoms with Gasteiger partial charge in [0.1, 0.15) is 0 Å². The van der Waals surface area contributed by atoms with Crippen molar-refractivity contribution in [2.24, 2.45) is 0 Å². The zero-order chi connectivity index (χ0) is 16.6. The molecule has 128 valence electrons. The van der Waals surface area contributed by atoms with Gasteiger partial charge in [0.2, 0.25) is 0 Å². The smallest absolute Gasteiger partial charge is 0.422 e. The van der Waals surface area contributed by atoms with Gasteiger partial charge in [-0.2, -0.15) is 24.9 Å². The maximum atomic E-state index is 12.9. The second-order valence-corrected chi connectivity index (χ2v) is 6.07. The number of hydrogen-bond donors (Lipinski definition) is 3. The Hall–Kier alpha value is -1.09. The topological polar surface area (TPSA) is 70.6 Å². The molecule has 0 radical (unpaired) electrons. The number of halogens is 3. The maximum absolute atomic E-state index is 12.9. The van der Waals surface area contributed by atoms with Crippen molar-refractivity contribution < 1.29 is 27.8 Å². The summed E-state index contributed by atoms with van der Waals surface area (Å²) in [4.78, 5) is 11.6. The van der Waals surface area contributed by atoms with Crippen molar-refractivity contribution in [1.82, 2.24) is 10.6 Å². The third-order valence-corrected chi connectivity index (χ3v) is 4.33. The predicted molar refractivity (Wildman–Crippen MR) is 78.7 cm³/mol. The lowest BCUT2D eigenvalue weighted by molar-refractivity contribution is -0.237. The molecule has 3 N–H and O–H groups in total. The molecule has 0 aromatic carbocycles. The van der Waals surface area contributed by atoms with Gasteiger partial charge >= 0.3 is 12.2 Å². The van der Waals surface area contributed by atoms with Crippen LogP contribution in [0.2, 0.25) is 0 Å². The van der Waals surface area contributed by atoms with Crippen molar-refractivity contribution in [2.75, 3.05) is 24.7 Å². The summed E-state index contributed by atoms with van der Waals surface area (Å²) in [6, 6.07) is -0.781. The van der Waals surface area contributed by atoms with Gasteiger partial charge in [-0.1, -0.05) is 0 Å². The molecule has 0 saturated carbocycles. The van der Waals surface area contributed by atoms with Crippen LogP contribution in [0.3, 0.4) is 0 Å². The van der Waals surface area contributed by atoms with Gasteiger partial charge < -0.3 is 20.5 Å². The Morgan fingerprint density at radius 1 is 1.50 bits per heavy atom. The molecular weight excluding hydrogens is 321 g/mol. The lowest BCUT2D eigenvalue weighted by atomic mass is 10.0. The van der Waals surface area contributed by atoms with Crippen molar-refractivity contribution >= 4 is 17.8 Å². The Morgan fingerprint density at radius 2 is 2.23 bits per heavy atom. The van der Waals surface area contributed by atoms with Crippen LogP contribution in [0.25, 0.3) is 0 Å². The first kappa shape index (κ1) is 19.0. The van der Waals surface area contributed by atoms with Crippen molar-refractivity contribution in [1.29, 1.82) is 0 Å². The molecule has 2 unspecified atom stereocenters. The normalized spacial score (nSPS) is 22.1. The van der Waals surface area contributed by atoms with E-state index >= 15 is 0 Å². The van der Waals surface area contributed by atoms with Gasteiger partial charge in [0.05, 0.1) is 19.4 Å². The molecule has 0 aromatic heterocycles. The van der Waals surface area contributed by atoms with Crippen LogP contribution < -0.4 is 10.6 Å². The van der Waals surface area contributed by atoms with E-state index in [4.69, 9.17) is 0 Å². The summed E-state index contributed by atoms with van der Waals surface area (Å²) in [5.41, 5.74) is -3.17. The molecule has 0 bridgehead atoms. The number of thioether (sulfide) groups is 1. The Balaban J connectivity index is 2.53. The molecule has 9 heteroatoms. The zero-order valence-corrected chi connectivity index (χ0v) is 13.1. The molecule has 22 heavy (non-hydrogen) atoms. The minimum atomic E-state index is -4.92. The van der Waals surface area contributed by atoms with Gasteiger partial charge in [-0.05, 0) is 31.6 Å². The van der Waals surface area contributed by atoms with Gasteiger partial charge in [0, 0.05) is 11.8 Å². The summed E-state index contributed by atoms with van der Waals surface area (Å²) in [6.45, 7) is 0.800. The predicted octanol–water partition coefficient (Wildman–Crippen LogP) is 2.02. The molecular formula is C13H21F3N2O3S. The summed E-state index contributed by atoms with van der Waals surface area (Å²) >= 11 is 1.69.